The average molecular weight is 252 g/mol. The summed E-state index contributed by atoms with van der Waals surface area (Å²) in [6.45, 7) is 1.97. The van der Waals surface area contributed by atoms with Gasteiger partial charge in [-0.15, -0.1) is 0 Å². The Labute approximate surface area is 109 Å². The van der Waals surface area contributed by atoms with Crippen molar-refractivity contribution in [3.05, 3.63) is 59.8 Å². The van der Waals surface area contributed by atoms with Crippen molar-refractivity contribution in [3.8, 4) is 11.3 Å². The Morgan fingerprint density at radius 1 is 1.21 bits per heavy atom. The molecule has 1 N–H and O–H groups in total. The van der Waals surface area contributed by atoms with Crippen LogP contribution in [0, 0.1) is 6.92 Å². The van der Waals surface area contributed by atoms with Crippen LogP contribution in [0.5, 0.6) is 0 Å². The maximum atomic E-state index is 11.5. The predicted molar refractivity (Wildman–Crippen MR) is 72.3 cm³/mol. The molecule has 0 aliphatic heterocycles. The zero-order chi connectivity index (χ0) is 13.4. The molecule has 1 aromatic carbocycles. The number of hydrogen-bond donors (Lipinski definition) is 1. The number of nitrogens with zero attached hydrogens (tertiary/aromatic N) is 2. The minimum atomic E-state index is -0.960. The summed E-state index contributed by atoms with van der Waals surface area (Å²) in [5.74, 6) is -0.960. The summed E-state index contributed by atoms with van der Waals surface area (Å²) in [6, 6.07) is 13.1. The molecule has 4 heteroatoms. The molecule has 0 atom stereocenters. The van der Waals surface area contributed by atoms with Gasteiger partial charge in [-0.05, 0) is 25.1 Å². The number of aryl methyl sites for hydroxylation is 1. The fourth-order valence-electron chi connectivity index (χ4n) is 2.20. The second-order valence-electron chi connectivity index (χ2n) is 4.43. The summed E-state index contributed by atoms with van der Waals surface area (Å²) in [5.41, 5.74) is 3.24. The molecule has 4 nitrogen and oxygen atoms in total. The number of benzene rings is 1. The SMILES string of the molecule is Cc1cccc(-c2nn3ccccc3c2C(=O)O)c1. The van der Waals surface area contributed by atoms with Gasteiger partial charge in [0.05, 0.1) is 5.52 Å². The van der Waals surface area contributed by atoms with Crippen molar-refractivity contribution < 1.29 is 9.90 Å². The van der Waals surface area contributed by atoms with Crippen LogP contribution < -0.4 is 0 Å². The minimum Gasteiger partial charge on any atom is -0.478 e. The number of carboxylic acids is 1. The van der Waals surface area contributed by atoms with Crippen LogP contribution >= 0.6 is 0 Å². The van der Waals surface area contributed by atoms with Gasteiger partial charge in [-0.3, -0.25) is 0 Å². The minimum absolute atomic E-state index is 0.242. The first kappa shape index (κ1) is 11.5. The third-order valence-electron chi connectivity index (χ3n) is 3.05. The van der Waals surface area contributed by atoms with Crippen LogP contribution in [0.4, 0.5) is 0 Å². The van der Waals surface area contributed by atoms with E-state index in [-0.39, 0.29) is 5.56 Å². The maximum Gasteiger partial charge on any atom is 0.340 e. The van der Waals surface area contributed by atoms with Gasteiger partial charge in [0.25, 0.3) is 0 Å². The predicted octanol–water partition coefficient (Wildman–Crippen LogP) is 3.01. The number of pyridine rings is 1. The molecule has 0 saturated heterocycles. The number of hydrogen-bond acceptors (Lipinski definition) is 2. The lowest BCUT2D eigenvalue weighted by Crippen LogP contribution is -1.97. The molecule has 0 unspecified atom stereocenters. The maximum absolute atomic E-state index is 11.5. The van der Waals surface area contributed by atoms with Gasteiger partial charge in [-0.2, -0.15) is 5.10 Å². The number of fused-ring (bicyclic) bond motifs is 1. The second kappa shape index (κ2) is 4.24. The monoisotopic (exact) mass is 252 g/mol. The van der Waals surface area contributed by atoms with E-state index in [0.29, 0.717) is 11.2 Å². The first-order valence-corrected chi connectivity index (χ1v) is 5.94. The summed E-state index contributed by atoms with van der Waals surface area (Å²) in [4.78, 5) is 11.5. The third kappa shape index (κ3) is 1.87. The van der Waals surface area contributed by atoms with E-state index in [1.54, 1.807) is 16.8 Å². The van der Waals surface area contributed by atoms with E-state index >= 15 is 0 Å². The van der Waals surface area contributed by atoms with Crippen LogP contribution in [-0.4, -0.2) is 20.7 Å². The van der Waals surface area contributed by atoms with Crippen molar-refractivity contribution >= 4 is 11.5 Å². The molecule has 0 aliphatic carbocycles. The summed E-state index contributed by atoms with van der Waals surface area (Å²) in [7, 11) is 0. The van der Waals surface area contributed by atoms with Crippen molar-refractivity contribution in [2.45, 2.75) is 6.92 Å². The average Bonchev–Trinajstić information content (AvgIpc) is 2.78. The highest BCUT2D eigenvalue weighted by Crippen LogP contribution is 2.26. The molecule has 3 rings (SSSR count). The van der Waals surface area contributed by atoms with Gasteiger partial charge >= 0.3 is 5.97 Å². The Morgan fingerprint density at radius 2 is 2.05 bits per heavy atom. The van der Waals surface area contributed by atoms with Crippen LogP contribution in [0.3, 0.4) is 0 Å². The zero-order valence-electron chi connectivity index (χ0n) is 10.4. The molecule has 2 heterocycles. The van der Waals surface area contributed by atoms with E-state index in [1.165, 1.54) is 0 Å². The lowest BCUT2D eigenvalue weighted by Gasteiger charge is -2.00. The Balaban J connectivity index is 2.34. The molecular weight excluding hydrogens is 240 g/mol. The van der Waals surface area contributed by atoms with E-state index < -0.39 is 5.97 Å². The zero-order valence-corrected chi connectivity index (χ0v) is 10.4. The number of aromatic nitrogens is 2. The molecule has 0 saturated carbocycles. The Bertz CT molecular complexity index is 775. The smallest absolute Gasteiger partial charge is 0.340 e. The fourth-order valence-corrected chi connectivity index (χ4v) is 2.20. The molecule has 0 amide bonds. The molecule has 0 aliphatic rings. The molecule has 3 aromatic rings. The second-order valence-corrected chi connectivity index (χ2v) is 4.43. The van der Waals surface area contributed by atoms with Gasteiger partial charge in [0.15, 0.2) is 0 Å². The Hall–Kier alpha value is -2.62. The molecular formula is C15H12N2O2. The number of carboxylic acid groups (broad SMARTS) is 1. The molecule has 0 bridgehead atoms. The Morgan fingerprint density at radius 3 is 2.79 bits per heavy atom. The summed E-state index contributed by atoms with van der Waals surface area (Å²) >= 11 is 0. The van der Waals surface area contributed by atoms with Crippen molar-refractivity contribution in [2.24, 2.45) is 0 Å². The van der Waals surface area contributed by atoms with E-state index in [2.05, 4.69) is 5.10 Å². The topological polar surface area (TPSA) is 54.6 Å². The molecule has 19 heavy (non-hydrogen) atoms. The van der Waals surface area contributed by atoms with E-state index in [9.17, 15) is 9.90 Å². The van der Waals surface area contributed by atoms with Gasteiger partial charge < -0.3 is 5.11 Å². The highest BCUT2D eigenvalue weighted by Gasteiger charge is 2.19. The van der Waals surface area contributed by atoms with Gasteiger partial charge in [0, 0.05) is 11.8 Å². The van der Waals surface area contributed by atoms with Crippen LogP contribution in [0.15, 0.2) is 48.7 Å². The van der Waals surface area contributed by atoms with E-state index in [0.717, 1.165) is 11.1 Å². The molecule has 0 fully saturated rings. The number of carbonyl (C=O) groups is 1. The molecule has 94 valence electrons. The highest BCUT2D eigenvalue weighted by atomic mass is 16.4. The van der Waals surface area contributed by atoms with Crippen molar-refractivity contribution in [1.82, 2.24) is 9.61 Å². The first-order valence-electron chi connectivity index (χ1n) is 5.94. The van der Waals surface area contributed by atoms with Gasteiger partial charge in [0.2, 0.25) is 0 Å². The normalized spacial score (nSPS) is 10.8. The highest BCUT2D eigenvalue weighted by molar-refractivity contribution is 6.02. The van der Waals surface area contributed by atoms with Crippen LogP contribution in [0.25, 0.3) is 16.8 Å². The van der Waals surface area contributed by atoms with Crippen molar-refractivity contribution in [3.63, 3.8) is 0 Å². The fraction of sp³-hybridized carbons (Fsp3) is 0.0667. The van der Waals surface area contributed by atoms with Crippen LogP contribution in [0.1, 0.15) is 15.9 Å². The summed E-state index contributed by atoms with van der Waals surface area (Å²) in [6.07, 6.45) is 1.75. The lowest BCUT2D eigenvalue weighted by atomic mass is 10.0. The number of rotatable bonds is 2. The molecule has 0 spiro atoms. The van der Waals surface area contributed by atoms with Crippen LogP contribution in [-0.2, 0) is 0 Å². The van der Waals surface area contributed by atoms with Gasteiger partial charge in [0.1, 0.15) is 11.3 Å². The van der Waals surface area contributed by atoms with E-state index in [4.69, 9.17) is 0 Å². The summed E-state index contributed by atoms with van der Waals surface area (Å²) in [5, 5.41) is 13.8. The largest absolute Gasteiger partial charge is 0.478 e. The van der Waals surface area contributed by atoms with Crippen molar-refractivity contribution in [1.29, 1.82) is 0 Å². The quantitative estimate of drug-likeness (QED) is 0.762. The van der Waals surface area contributed by atoms with Gasteiger partial charge in [-0.1, -0.05) is 29.8 Å². The lowest BCUT2D eigenvalue weighted by molar-refractivity contribution is 0.0700. The van der Waals surface area contributed by atoms with Gasteiger partial charge in [-0.25, -0.2) is 9.31 Å². The molecule has 0 radical (unpaired) electrons. The number of aromatic carboxylic acids is 1. The first-order chi connectivity index (χ1) is 9.16. The van der Waals surface area contributed by atoms with Crippen molar-refractivity contribution in [2.75, 3.05) is 0 Å². The summed E-state index contributed by atoms with van der Waals surface area (Å²) < 4.78 is 1.60. The van der Waals surface area contributed by atoms with Crippen LogP contribution in [0.2, 0.25) is 0 Å². The Kier molecular flexibility index (Phi) is 2.56. The third-order valence-corrected chi connectivity index (χ3v) is 3.05. The standard InChI is InChI=1S/C15H12N2O2/c1-10-5-4-6-11(9-10)14-13(15(18)19)12-7-2-3-8-17(12)16-14/h2-9H,1H3,(H,18,19). The van der Waals surface area contributed by atoms with E-state index in [1.807, 2.05) is 43.3 Å². The molecule has 2 aromatic heterocycles.